The second-order valence-corrected chi connectivity index (χ2v) is 11.2. The van der Waals surface area contributed by atoms with Crippen LogP contribution in [0.15, 0.2) is 85.8 Å². The molecule has 1 fully saturated rings. The van der Waals surface area contributed by atoms with Gasteiger partial charge in [0.1, 0.15) is 0 Å². The van der Waals surface area contributed by atoms with Gasteiger partial charge in [0.15, 0.2) is 0 Å². The van der Waals surface area contributed by atoms with E-state index in [-0.39, 0.29) is 5.41 Å². The van der Waals surface area contributed by atoms with Gasteiger partial charge in [-0.2, -0.15) is 0 Å². The van der Waals surface area contributed by atoms with Crippen LogP contribution < -0.4 is 5.32 Å². The molecule has 0 radical (unpaired) electrons. The summed E-state index contributed by atoms with van der Waals surface area (Å²) >= 11 is 0. The van der Waals surface area contributed by atoms with Crippen LogP contribution in [0.2, 0.25) is 0 Å². The van der Waals surface area contributed by atoms with Gasteiger partial charge in [-0.25, -0.2) is 0 Å². The van der Waals surface area contributed by atoms with Crippen LogP contribution in [0.3, 0.4) is 0 Å². The second-order valence-electron chi connectivity index (χ2n) is 11.2. The molecule has 0 bridgehead atoms. The zero-order chi connectivity index (χ0) is 26.5. The van der Waals surface area contributed by atoms with E-state index in [1.54, 1.807) is 0 Å². The van der Waals surface area contributed by atoms with Crippen LogP contribution in [0.25, 0.3) is 0 Å². The highest BCUT2D eigenvalue weighted by Gasteiger charge is 2.38. The van der Waals surface area contributed by atoms with E-state index < -0.39 is 0 Å². The fourth-order valence-corrected chi connectivity index (χ4v) is 5.70. The molecule has 0 amide bonds. The first-order valence-electron chi connectivity index (χ1n) is 14.1. The summed E-state index contributed by atoms with van der Waals surface area (Å²) in [6.07, 6.45) is 14.3. The smallest absolute Gasteiger partial charge is 0.0544 e. The molecule has 2 heterocycles. The molecule has 4 heteroatoms. The maximum atomic E-state index is 4.52. The summed E-state index contributed by atoms with van der Waals surface area (Å²) in [5.41, 5.74) is 5.05. The van der Waals surface area contributed by atoms with Crippen LogP contribution in [0, 0.1) is 17.3 Å². The van der Waals surface area contributed by atoms with Gasteiger partial charge < -0.3 is 5.32 Å². The Hall–Kier alpha value is -2.56. The molecule has 0 aromatic carbocycles. The van der Waals surface area contributed by atoms with Crippen molar-refractivity contribution in [3.05, 3.63) is 97.1 Å². The van der Waals surface area contributed by atoms with Gasteiger partial charge in [0.25, 0.3) is 0 Å². The number of pyridine rings is 2. The lowest BCUT2D eigenvalue weighted by molar-refractivity contribution is 0.168. The van der Waals surface area contributed by atoms with Gasteiger partial charge in [0.05, 0.1) is 11.4 Å². The lowest BCUT2D eigenvalue weighted by atomic mass is 9.61. The van der Waals surface area contributed by atoms with Crippen molar-refractivity contribution in [2.45, 2.75) is 71.9 Å². The molecule has 3 atom stereocenters. The first-order chi connectivity index (χ1) is 17.9. The SMILES string of the molecule is C=C[C@]1(C)CC[C@@H](C(=C)CNCCCCCCN(Cc2ccccn2)Cc2ccccn2)C[C@H]1C(=C)C. The molecule has 37 heavy (non-hydrogen) atoms. The summed E-state index contributed by atoms with van der Waals surface area (Å²) in [6.45, 7) is 22.1. The molecule has 2 aromatic heterocycles. The van der Waals surface area contributed by atoms with Gasteiger partial charge in [-0.1, -0.05) is 62.3 Å². The van der Waals surface area contributed by atoms with Gasteiger partial charge in [-0.3, -0.25) is 14.9 Å². The molecular formula is C33H48N4. The van der Waals surface area contributed by atoms with E-state index in [2.05, 4.69) is 84.1 Å². The fourth-order valence-electron chi connectivity index (χ4n) is 5.70. The van der Waals surface area contributed by atoms with E-state index in [1.165, 1.54) is 49.7 Å². The van der Waals surface area contributed by atoms with Crippen LogP contribution in [0.5, 0.6) is 0 Å². The second kappa shape index (κ2) is 15.0. The summed E-state index contributed by atoms with van der Waals surface area (Å²) < 4.78 is 0. The molecule has 1 saturated carbocycles. The summed E-state index contributed by atoms with van der Waals surface area (Å²) in [5, 5.41) is 3.66. The van der Waals surface area contributed by atoms with Crippen LogP contribution in [0.4, 0.5) is 0 Å². The minimum absolute atomic E-state index is 0.181. The van der Waals surface area contributed by atoms with E-state index >= 15 is 0 Å². The summed E-state index contributed by atoms with van der Waals surface area (Å²) in [6, 6.07) is 12.3. The zero-order valence-corrected chi connectivity index (χ0v) is 23.3. The Morgan fingerprint density at radius 1 is 1.03 bits per heavy atom. The predicted molar refractivity (Wildman–Crippen MR) is 157 cm³/mol. The molecular weight excluding hydrogens is 452 g/mol. The molecule has 1 aliphatic rings. The van der Waals surface area contributed by atoms with E-state index in [0.717, 1.165) is 50.5 Å². The highest BCUT2D eigenvalue weighted by molar-refractivity contribution is 5.16. The molecule has 2 aromatic rings. The average Bonchev–Trinajstić information content (AvgIpc) is 2.91. The standard InChI is InChI=1S/C33H48N4/c1-6-33(5)18-17-29(23-32(33)27(2)3)28(4)24-34-19-11-7-8-14-22-37(25-30-15-9-12-20-35-30)26-31-16-10-13-21-36-31/h6,9-10,12-13,15-16,20-21,29,32,34H,1-2,4,7-8,11,14,17-19,22-26H2,3,5H3/t29-,32+,33-/m1/s1. The summed E-state index contributed by atoms with van der Waals surface area (Å²) in [7, 11) is 0. The topological polar surface area (TPSA) is 41.0 Å². The third-order valence-electron chi connectivity index (χ3n) is 8.14. The van der Waals surface area contributed by atoms with Crippen molar-refractivity contribution in [1.29, 1.82) is 0 Å². The third kappa shape index (κ3) is 9.36. The minimum Gasteiger partial charge on any atom is -0.313 e. The van der Waals surface area contributed by atoms with Crippen molar-refractivity contribution in [2.24, 2.45) is 17.3 Å². The quantitative estimate of drug-likeness (QED) is 0.193. The molecule has 1 aliphatic carbocycles. The fraction of sp³-hybridized carbons (Fsp3) is 0.515. The molecule has 0 unspecified atom stereocenters. The molecule has 0 aliphatic heterocycles. The lowest BCUT2D eigenvalue weighted by Gasteiger charge is -2.44. The highest BCUT2D eigenvalue weighted by Crippen LogP contribution is 2.48. The lowest BCUT2D eigenvalue weighted by Crippen LogP contribution is -2.35. The predicted octanol–water partition coefficient (Wildman–Crippen LogP) is 7.37. The number of rotatable bonds is 16. The number of nitrogens with one attached hydrogen (secondary N) is 1. The van der Waals surface area contributed by atoms with Gasteiger partial charge in [-0.15, -0.1) is 6.58 Å². The average molecular weight is 501 g/mol. The number of allylic oxidation sites excluding steroid dienone is 2. The van der Waals surface area contributed by atoms with Gasteiger partial charge in [-0.05, 0) is 93.6 Å². The van der Waals surface area contributed by atoms with Crippen molar-refractivity contribution in [1.82, 2.24) is 20.2 Å². The van der Waals surface area contributed by atoms with E-state index in [4.69, 9.17) is 0 Å². The molecule has 1 N–H and O–H groups in total. The van der Waals surface area contributed by atoms with E-state index in [9.17, 15) is 0 Å². The molecule has 0 spiro atoms. The maximum Gasteiger partial charge on any atom is 0.0544 e. The van der Waals surface area contributed by atoms with E-state index in [0.29, 0.717) is 11.8 Å². The van der Waals surface area contributed by atoms with Crippen LogP contribution in [0.1, 0.15) is 70.2 Å². The zero-order valence-electron chi connectivity index (χ0n) is 23.3. The molecule has 3 rings (SSSR count). The Balaban J connectivity index is 1.32. The number of hydrogen-bond acceptors (Lipinski definition) is 4. The van der Waals surface area contributed by atoms with Crippen molar-refractivity contribution < 1.29 is 0 Å². The largest absolute Gasteiger partial charge is 0.313 e. The first kappa shape index (κ1) is 29.0. The number of nitrogens with zero attached hydrogens (tertiary/aromatic N) is 3. The van der Waals surface area contributed by atoms with Gasteiger partial charge in [0.2, 0.25) is 0 Å². The third-order valence-corrected chi connectivity index (χ3v) is 8.14. The van der Waals surface area contributed by atoms with Crippen LogP contribution in [-0.2, 0) is 13.1 Å². The van der Waals surface area contributed by atoms with Crippen molar-refractivity contribution in [3.8, 4) is 0 Å². The van der Waals surface area contributed by atoms with Crippen LogP contribution >= 0.6 is 0 Å². The first-order valence-corrected chi connectivity index (χ1v) is 14.1. The van der Waals surface area contributed by atoms with Crippen molar-refractivity contribution in [3.63, 3.8) is 0 Å². The van der Waals surface area contributed by atoms with Gasteiger partial charge >= 0.3 is 0 Å². The Bertz CT molecular complexity index is 929. The normalized spacial score (nSPS) is 21.6. The maximum absolute atomic E-state index is 4.52. The monoisotopic (exact) mass is 500 g/mol. The van der Waals surface area contributed by atoms with Crippen molar-refractivity contribution in [2.75, 3.05) is 19.6 Å². The Kier molecular flexibility index (Phi) is 11.8. The Labute approximate surface area is 226 Å². The van der Waals surface area contributed by atoms with Gasteiger partial charge in [0, 0.05) is 32.0 Å². The molecule has 0 saturated heterocycles. The summed E-state index contributed by atoms with van der Waals surface area (Å²) in [5.74, 6) is 1.10. The van der Waals surface area contributed by atoms with Crippen LogP contribution in [-0.4, -0.2) is 34.5 Å². The minimum atomic E-state index is 0.181. The summed E-state index contributed by atoms with van der Waals surface area (Å²) in [4.78, 5) is 11.5. The molecule has 4 nitrogen and oxygen atoms in total. The Morgan fingerprint density at radius 2 is 1.68 bits per heavy atom. The van der Waals surface area contributed by atoms with Crippen molar-refractivity contribution >= 4 is 0 Å². The Morgan fingerprint density at radius 3 is 2.24 bits per heavy atom. The number of hydrogen-bond donors (Lipinski definition) is 1. The number of aromatic nitrogens is 2. The number of unbranched alkanes of at least 4 members (excludes halogenated alkanes) is 3. The van der Waals surface area contributed by atoms with E-state index in [1.807, 2.05) is 24.5 Å². The molecule has 200 valence electrons. The highest BCUT2D eigenvalue weighted by atomic mass is 15.1.